The van der Waals surface area contributed by atoms with E-state index in [0.717, 1.165) is 23.8 Å². The molecule has 4 nitrogen and oxygen atoms in total. The average Bonchev–Trinajstić information content (AvgIpc) is 3.10. The lowest BCUT2D eigenvalue weighted by atomic mass is 9.48. The maximum absolute atomic E-state index is 12.9. The minimum atomic E-state index is -0.326. The molecule has 3 fully saturated rings. The molecule has 2 amide bonds. The molecular formula is C26H33ClN2O2. The van der Waals surface area contributed by atoms with Gasteiger partial charge in [0.1, 0.15) is 5.70 Å². The summed E-state index contributed by atoms with van der Waals surface area (Å²) in [5, 5.41) is 6.52. The van der Waals surface area contributed by atoms with Crippen LogP contribution in [0.25, 0.3) is 0 Å². The quantitative estimate of drug-likeness (QED) is 0.647. The fourth-order valence-electron chi connectivity index (χ4n) is 7.52. The molecule has 2 N–H and O–H groups in total. The van der Waals surface area contributed by atoms with E-state index in [0.29, 0.717) is 27.6 Å². The molecule has 3 saturated carbocycles. The van der Waals surface area contributed by atoms with Gasteiger partial charge in [-0.2, -0.15) is 0 Å². The molecule has 3 aliphatic carbocycles. The third-order valence-corrected chi connectivity index (χ3v) is 9.49. The van der Waals surface area contributed by atoms with Crippen molar-refractivity contribution in [3.8, 4) is 0 Å². The number of hydrogen-bond donors (Lipinski definition) is 2. The Balaban J connectivity index is 1.44. The number of rotatable bonds is 2. The van der Waals surface area contributed by atoms with Crippen molar-refractivity contribution < 1.29 is 9.59 Å². The van der Waals surface area contributed by atoms with E-state index in [4.69, 9.17) is 11.6 Å². The standard InChI is InChI=1S/C26H33ClN2O2/c1-15-6-7-17(20(27)13-15)23(30)28-21-14-26(3)19-10-12-25(2)11-4-5-18(25)16(19)8-9-22(26)29-24(21)31/h6-7,13-14,16,18-19,22H,4-5,8-12H2,1-3H3,(H,28,30)(H,29,31)/t16-,18-,19+,22?,25-,26+/m0/s1. The van der Waals surface area contributed by atoms with Crippen molar-refractivity contribution in [3.05, 3.63) is 46.1 Å². The predicted octanol–water partition coefficient (Wildman–Crippen LogP) is 5.39. The second-order valence-electron chi connectivity index (χ2n) is 10.9. The summed E-state index contributed by atoms with van der Waals surface area (Å²) in [5.41, 5.74) is 2.15. The zero-order valence-electron chi connectivity index (χ0n) is 18.8. The molecule has 1 unspecified atom stereocenters. The monoisotopic (exact) mass is 440 g/mol. The van der Waals surface area contributed by atoms with Crippen LogP contribution in [0, 0.1) is 35.5 Å². The van der Waals surface area contributed by atoms with E-state index in [9.17, 15) is 9.59 Å². The van der Waals surface area contributed by atoms with Crippen molar-refractivity contribution >= 4 is 23.4 Å². The highest BCUT2D eigenvalue weighted by Crippen LogP contribution is 2.63. The SMILES string of the molecule is Cc1ccc(C(=O)NC2=C[C@@]3(C)C(CC[C@@H]4[C@H]3CC[C@]3(C)CCC[C@@H]43)NC2=O)c(Cl)c1. The Morgan fingerprint density at radius 1 is 1.13 bits per heavy atom. The molecule has 31 heavy (non-hydrogen) atoms. The third kappa shape index (κ3) is 3.33. The minimum absolute atomic E-state index is 0.125. The van der Waals surface area contributed by atoms with Crippen LogP contribution in [0.2, 0.25) is 5.02 Å². The highest BCUT2D eigenvalue weighted by molar-refractivity contribution is 6.34. The summed E-state index contributed by atoms with van der Waals surface area (Å²) >= 11 is 6.29. The molecule has 0 radical (unpaired) electrons. The molecule has 166 valence electrons. The summed E-state index contributed by atoms with van der Waals surface area (Å²) in [4.78, 5) is 25.8. The first-order valence-electron chi connectivity index (χ1n) is 11.8. The maximum atomic E-state index is 12.9. The van der Waals surface area contributed by atoms with Gasteiger partial charge in [-0.15, -0.1) is 0 Å². The molecule has 4 aliphatic rings. The third-order valence-electron chi connectivity index (χ3n) is 9.18. The van der Waals surface area contributed by atoms with Crippen LogP contribution >= 0.6 is 11.6 Å². The van der Waals surface area contributed by atoms with Crippen LogP contribution in [0.5, 0.6) is 0 Å². The first-order chi connectivity index (χ1) is 14.7. The predicted molar refractivity (Wildman–Crippen MR) is 123 cm³/mol. The number of benzene rings is 1. The van der Waals surface area contributed by atoms with E-state index in [1.807, 2.05) is 13.0 Å². The van der Waals surface area contributed by atoms with Gasteiger partial charge in [-0.25, -0.2) is 0 Å². The van der Waals surface area contributed by atoms with Crippen molar-refractivity contribution in [3.63, 3.8) is 0 Å². The van der Waals surface area contributed by atoms with Gasteiger partial charge in [-0.1, -0.05) is 37.9 Å². The number of hydrogen-bond acceptors (Lipinski definition) is 2. The molecule has 1 aromatic carbocycles. The summed E-state index contributed by atoms with van der Waals surface area (Å²) in [6.07, 6.45) is 10.9. The van der Waals surface area contributed by atoms with Gasteiger partial charge in [0.2, 0.25) is 0 Å². The highest BCUT2D eigenvalue weighted by atomic mass is 35.5. The maximum Gasteiger partial charge on any atom is 0.267 e. The van der Waals surface area contributed by atoms with Gasteiger partial charge >= 0.3 is 0 Å². The lowest BCUT2D eigenvalue weighted by molar-refractivity contribution is -0.123. The number of halogens is 1. The molecule has 0 aromatic heterocycles. The van der Waals surface area contributed by atoms with E-state index < -0.39 is 0 Å². The van der Waals surface area contributed by atoms with Gasteiger partial charge in [0, 0.05) is 11.5 Å². The van der Waals surface area contributed by atoms with Crippen LogP contribution in [-0.2, 0) is 4.79 Å². The van der Waals surface area contributed by atoms with Crippen LogP contribution in [0.1, 0.15) is 74.7 Å². The molecule has 1 aliphatic heterocycles. The van der Waals surface area contributed by atoms with Gasteiger partial charge in [0.05, 0.1) is 10.6 Å². The van der Waals surface area contributed by atoms with E-state index >= 15 is 0 Å². The first kappa shape index (κ1) is 21.1. The van der Waals surface area contributed by atoms with Gasteiger partial charge in [0.15, 0.2) is 0 Å². The van der Waals surface area contributed by atoms with E-state index in [1.54, 1.807) is 12.1 Å². The number of fused-ring (bicyclic) bond motifs is 5. The Morgan fingerprint density at radius 3 is 2.71 bits per heavy atom. The van der Waals surface area contributed by atoms with E-state index in [1.165, 1.54) is 38.5 Å². The minimum Gasteiger partial charge on any atom is -0.347 e. The molecular weight excluding hydrogens is 408 g/mol. The smallest absolute Gasteiger partial charge is 0.267 e. The molecule has 0 bridgehead atoms. The Labute approximate surface area is 190 Å². The van der Waals surface area contributed by atoms with E-state index in [2.05, 4.69) is 30.6 Å². The Kier molecular flexibility index (Phi) is 5.00. The number of carbonyl (C=O) groups is 2. The fraction of sp³-hybridized carbons (Fsp3) is 0.615. The Bertz CT molecular complexity index is 972. The lowest BCUT2D eigenvalue weighted by Crippen LogP contribution is -2.60. The molecule has 5 heteroatoms. The number of nitrogens with one attached hydrogen (secondary N) is 2. The van der Waals surface area contributed by atoms with E-state index in [-0.39, 0.29) is 23.3 Å². The van der Waals surface area contributed by atoms with Crippen LogP contribution in [0.15, 0.2) is 30.0 Å². The number of aryl methyl sites for hydroxylation is 1. The van der Waals surface area contributed by atoms with Gasteiger partial charge < -0.3 is 10.6 Å². The second-order valence-corrected chi connectivity index (χ2v) is 11.3. The molecule has 1 heterocycles. The summed E-state index contributed by atoms with van der Waals surface area (Å²) < 4.78 is 0. The van der Waals surface area contributed by atoms with Crippen LogP contribution in [0.3, 0.4) is 0 Å². The fourth-order valence-corrected chi connectivity index (χ4v) is 7.84. The lowest BCUT2D eigenvalue weighted by Gasteiger charge is -2.58. The first-order valence-corrected chi connectivity index (χ1v) is 12.2. The summed E-state index contributed by atoms with van der Waals surface area (Å²) in [6, 6.07) is 5.50. The number of amides is 2. The largest absolute Gasteiger partial charge is 0.347 e. The van der Waals surface area contributed by atoms with Crippen molar-refractivity contribution in [2.45, 2.75) is 71.8 Å². The van der Waals surface area contributed by atoms with Crippen LogP contribution in [-0.4, -0.2) is 17.9 Å². The Hall–Kier alpha value is -1.81. The zero-order valence-corrected chi connectivity index (χ0v) is 19.5. The highest BCUT2D eigenvalue weighted by Gasteiger charge is 2.57. The van der Waals surface area contributed by atoms with Gasteiger partial charge in [-0.3, -0.25) is 9.59 Å². The number of carbonyl (C=O) groups excluding carboxylic acids is 2. The summed E-state index contributed by atoms with van der Waals surface area (Å²) in [5.74, 6) is 1.57. The molecule has 0 spiro atoms. The van der Waals surface area contributed by atoms with Gasteiger partial charge in [0.25, 0.3) is 11.8 Å². The van der Waals surface area contributed by atoms with Gasteiger partial charge in [-0.05, 0) is 92.4 Å². The van der Waals surface area contributed by atoms with Crippen molar-refractivity contribution in [2.24, 2.45) is 28.6 Å². The average molecular weight is 441 g/mol. The summed E-state index contributed by atoms with van der Waals surface area (Å²) in [7, 11) is 0. The van der Waals surface area contributed by atoms with Crippen LogP contribution < -0.4 is 10.6 Å². The molecule has 6 atom stereocenters. The molecule has 1 aromatic rings. The normalized spacial score (nSPS) is 39.0. The molecule has 0 saturated heterocycles. The summed E-state index contributed by atoms with van der Waals surface area (Å²) in [6.45, 7) is 6.74. The Morgan fingerprint density at radius 2 is 1.94 bits per heavy atom. The zero-order chi connectivity index (χ0) is 22.0. The van der Waals surface area contributed by atoms with Crippen molar-refractivity contribution in [1.82, 2.24) is 10.6 Å². The second kappa shape index (κ2) is 7.37. The molecule has 5 rings (SSSR count). The van der Waals surface area contributed by atoms with Crippen LogP contribution in [0.4, 0.5) is 0 Å². The topological polar surface area (TPSA) is 58.2 Å². The van der Waals surface area contributed by atoms with Crippen molar-refractivity contribution in [1.29, 1.82) is 0 Å². The van der Waals surface area contributed by atoms with Crippen molar-refractivity contribution in [2.75, 3.05) is 0 Å².